The number of unbranched alkanes of at least 4 members (excludes halogenated alkanes) is 4. The van der Waals surface area contributed by atoms with Crippen molar-refractivity contribution in [1.29, 1.82) is 0 Å². The third-order valence-corrected chi connectivity index (χ3v) is 7.37. The van der Waals surface area contributed by atoms with Gasteiger partial charge in [0.2, 0.25) is 0 Å². The normalized spacial score (nSPS) is 11.0. The van der Waals surface area contributed by atoms with E-state index in [2.05, 4.69) is 19.9 Å². The van der Waals surface area contributed by atoms with Gasteiger partial charge in [0.05, 0.1) is 12.2 Å². The lowest BCUT2D eigenvalue weighted by molar-refractivity contribution is 0.0979. The molecule has 4 rings (SSSR count). The minimum atomic E-state index is -0.223. The molecule has 0 fully saturated rings. The summed E-state index contributed by atoms with van der Waals surface area (Å²) in [4.78, 5) is 42.0. The Hall–Kier alpha value is -3.36. The third-order valence-electron chi connectivity index (χ3n) is 6.04. The number of thioether (sulfide) groups is 1. The van der Waals surface area contributed by atoms with Crippen LogP contribution in [0.3, 0.4) is 0 Å². The monoisotopic (exact) mass is 547 g/mol. The molecule has 4 aromatic rings. The fourth-order valence-electron chi connectivity index (χ4n) is 4.04. The van der Waals surface area contributed by atoms with E-state index in [1.165, 1.54) is 6.33 Å². The Labute approximate surface area is 231 Å². The molecule has 0 amide bonds. The number of ketones is 1. The van der Waals surface area contributed by atoms with Gasteiger partial charge in [-0.2, -0.15) is 4.98 Å². The second-order valence-corrected chi connectivity index (χ2v) is 10.5. The number of nitrogens with zero attached hydrogens (tertiary/aromatic N) is 5. The second-order valence-electron chi connectivity index (χ2n) is 9.02. The maximum absolute atomic E-state index is 12.8. The number of rotatable bonds is 14. The van der Waals surface area contributed by atoms with Crippen molar-refractivity contribution in [2.45, 2.75) is 56.6 Å². The fraction of sp³-hybridized carbons (Fsp3) is 0.310. The first-order chi connectivity index (χ1) is 18.6. The van der Waals surface area contributed by atoms with Gasteiger partial charge in [-0.3, -0.25) is 14.6 Å². The van der Waals surface area contributed by atoms with E-state index in [4.69, 9.17) is 11.6 Å². The highest BCUT2D eigenvalue weighted by Gasteiger charge is 2.12. The maximum atomic E-state index is 12.8. The molecule has 3 heterocycles. The molecule has 0 atom stereocenters. The van der Waals surface area contributed by atoms with Gasteiger partial charge in [0.1, 0.15) is 6.33 Å². The van der Waals surface area contributed by atoms with Crippen LogP contribution in [-0.2, 0) is 13.0 Å². The molecule has 0 aliphatic heterocycles. The SMILES string of the molecule is O=C(CCCCCCCSc1nc(=O)c(Cc2cncnc2)cn1Cc1ccccn1)c1ccc(Cl)cc1. The number of carbonyl (C=O) groups is 1. The van der Waals surface area contributed by atoms with Crippen LogP contribution in [0.2, 0.25) is 5.02 Å². The molecule has 0 N–H and O–H groups in total. The molecule has 0 aliphatic rings. The minimum absolute atomic E-state index is 0.164. The summed E-state index contributed by atoms with van der Waals surface area (Å²) in [6.45, 7) is 0.538. The van der Waals surface area contributed by atoms with Gasteiger partial charge in [-0.15, -0.1) is 0 Å². The molecule has 1 aromatic carbocycles. The summed E-state index contributed by atoms with van der Waals surface area (Å²) < 4.78 is 2.01. The lowest BCUT2D eigenvalue weighted by Crippen LogP contribution is -2.20. The molecule has 0 spiro atoms. The van der Waals surface area contributed by atoms with Gasteiger partial charge in [0, 0.05) is 59.5 Å². The zero-order valence-electron chi connectivity index (χ0n) is 21.1. The molecular weight excluding hydrogens is 518 g/mol. The van der Waals surface area contributed by atoms with Crippen LogP contribution in [0.15, 0.2) is 83.5 Å². The van der Waals surface area contributed by atoms with Crippen molar-refractivity contribution in [3.63, 3.8) is 0 Å². The van der Waals surface area contributed by atoms with E-state index in [0.29, 0.717) is 35.1 Å². The summed E-state index contributed by atoms with van der Waals surface area (Å²) in [5.41, 5.74) is 2.87. The predicted octanol–water partition coefficient (Wildman–Crippen LogP) is 6.04. The van der Waals surface area contributed by atoms with E-state index in [1.54, 1.807) is 54.6 Å². The summed E-state index contributed by atoms with van der Waals surface area (Å²) in [5.74, 6) is 1.03. The number of aromatic nitrogens is 5. The van der Waals surface area contributed by atoms with Crippen LogP contribution in [0.1, 0.15) is 65.7 Å². The predicted molar refractivity (Wildman–Crippen MR) is 151 cm³/mol. The Bertz CT molecular complexity index is 1370. The Balaban J connectivity index is 1.27. The molecular formula is C29H30ClN5O2S. The number of carbonyl (C=O) groups excluding carboxylic acids is 1. The Morgan fingerprint density at radius 2 is 1.71 bits per heavy atom. The first-order valence-electron chi connectivity index (χ1n) is 12.7. The average Bonchev–Trinajstić information content (AvgIpc) is 2.94. The molecule has 3 aromatic heterocycles. The largest absolute Gasteiger partial charge is 0.321 e. The van der Waals surface area contributed by atoms with Gasteiger partial charge in [-0.1, -0.05) is 48.7 Å². The highest BCUT2D eigenvalue weighted by Crippen LogP contribution is 2.20. The van der Waals surface area contributed by atoms with E-state index < -0.39 is 0 Å². The summed E-state index contributed by atoms with van der Waals surface area (Å²) in [7, 11) is 0. The third kappa shape index (κ3) is 8.60. The van der Waals surface area contributed by atoms with Crippen LogP contribution in [0.5, 0.6) is 0 Å². The molecule has 0 aliphatic carbocycles. The first kappa shape index (κ1) is 27.7. The second kappa shape index (κ2) is 14.5. The minimum Gasteiger partial charge on any atom is -0.321 e. The Morgan fingerprint density at radius 1 is 0.947 bits per heavy atom. The van der Waals surface area contributed by atoms with Crippen molar-refractivity contribution in [1.82, 2.24) is 24.5 Å². The van der Waals surface area contributed by atoms with Gasteiger partial charge in [-0.05, 0) is 54.8 Å². The molecule has 0 radical (unpaired) electrons. The van der Waals surface area contributed by atoms with Crippen molar-refractivity contribution in [2.75, 3.05) is 5.75 Å². The molecule has 196 valence electrons. The molecule has 7 nitrogen and oxygen atoms in total. The number of hydrogen-bond donors (Lipinski definition) is 0. The zero-order chi connectivity index (χ0) is 26.6. The van der Waals surface area contributed by atoms with Crippen LogP contribution < -0.4 is 5.56 Å². The topological polar surface area (TPSA) is 90.6 Å². The standard InChI is InChI=1S/C29H30ClN5O2S/c30-25-12-10-23(11-13-25)27(36)9-4-2-1-3-7-15-38-29-34-28(37)24(16-22-17-31-21-32-18-22)19-35(29)20-26-8-5-6-14-33-26/h5-6,8,10-14,17-19,21H,1-4,7,9,15-16,20H2. The molecule has 0 saturated carbocycles. The van der Waals surface area contributed by atoms with Crippen LogP contribution in [0.25, 0.3) is 0 Å². The molecule has 9 heteroatoms. The smallest absolute Gasteiger partial charge is 0.277 e. The molecule has 0 bridgehead atoms. The van der Waals surface area contributed by atoms with Gasteiger partial charge in [0.15, 0.2) is 10.9 Å². The van der Waals surface area contributed by atoms with Crippen LogP contribution in [0.4, 0.5) is 0 Å². The zero-order valence-corrected chi connectivity index (χ0v) is 22.7. The maximum Gasteiger partial charge on any atom is 0.277 e. The van der Waals surface area contributed by atoms with E-state index in [9.17, 15) is 9.59 Å². The van der Waals surface area contributed by atoms with Gasteiger partial charge in [0.25, 0.3) is 5.56 Å². The summed E-state index contributed by atoms with van der Waals surface area (Å²) in [5, 5.41) is 1.34. The molecule has 0 unspecified atom stereocenters. The summed E-state index contributed by atoms with van der Waals surface area (Å²) in [6.07, 6.45) is 14.6. The number of halogens is 1. The van der Waals surface area contributed by atoms with E-state index in [-0.39, 0.29) is 11.3 Å². The van der Waals surface area contributed by atoms with Gasteiger partial charge in [-0.25, -0.2) is 9.97 Å². The quantitative estimate of drug-likeness (QED) is 0.0822. The fourth-order valence-corrected chi connectivity index (χ4v) is 5.13. The van der Waals surface area contributed by atoms with Gasteiger partial charge < -0.3 is 4.57 Å². The summed E-state index contributed by atoms with van der Waals surface area (Å²) >= 11 is 7.49. The lowest BCUT2D eigenvalue weighted by Gasteiger charge is -2.13. The van der Waals surface area contributed by atoms with E-state index in [0.717, 1.165) is 54.7 Å². The first-order valence-corrected chi connectivity index (χ1v) is 14.1. The number of hydrogen-bond acceptors (Lipinski definition) is 7. The molecule has 0 saturated heterocycles. The van der Waals surface area contributed by atoms with Crippen molar-refractivity contribution in [3.8, 4) is 0 Å². The highest BCUT2D eigenvalue weighted by molar-refractivity contribution is 7.99. The Morgan fingerprint density at radius 3 is 2.47 bits per heavy atom. The molecule has 38 heavy (non-hydrogen) atoms. The van der Waals surface area contributed by atoms with E-state index in [1.807, 2.05) is 29.0 Å². The lowest BCUT2D eigenvalue weighted by atomic mass is 10.0. The highest BCUT2D eigenvalue weighted by atomic mass is 35.5. The average molecular weight is 548 g/mol. The van der Waals surface area contributed by atoms with Crippen LogP contribution in [-0.4, -0.2) is 36.0 Å². The van der Waals surface area contributed by atoms with Crippen molar-refractivity contribution >= 4 is 29.1 Å². The number of pyridine rings is 1. The number of benzene rings is 1. The van der Waals surface area contributed by atoms with Crippen molar-refractivity contribution in [3.05, 3.63) is 111 Å². The van der Waals surface area contributed by atoms with Crippen LogP contribution >= 0.6 is 23.4 Å². The van der Waals surface area contributed by atoms with Crippen molar-refractivity contribution in [2.24, 2.45) is 0 Å². The van der Waals surface area contributed by atoms with E-state index >= 15 is 0 Å². The summed E-state index contributed by atoms with van der Waals surface area (Å²) in [6, 6.07) is 12.9. The number of Topliss-reactive ketones (excluding diaryl/α,β-unsaturated/α-hetero) is 1. The van der Waals surface area contributed by atoms with Crippen LogP contribution in [0, 0.1) is 0 Å². The van der Waals surface area contributed by atoms with Gasteiger partial charge >= 0.3 is 0 Å². The van der Waals surface area contributed by atoms with Crippen molar-refractivity contribution < 1.29 is 4.79 Å². The Kier molecular flexibility index (Phi) is 10.6.